The van der Waals surface area contributed by atoms with Crippen molar-refractivity contribution in [2.75, 3.05) is 13.1 Å². The van der Waals surface area contributed by atoms with E-state index in [-0.39, 0.29) is 18.6 Å². The van der Waals surface area contributed by atoms with Crippen LogP contribution in [0.15, 0.2) is 71.1 Å². The first-order valence-electron chi connectivity index (χ1n) is 10.7. The van der Waals surface area contributed by atoms with Crippen molar-refractivity contribution >= 4 is 5.91 Å². The van der Waals surface area contributed by atoms with Gasteiger partial charge in [0, 0.05) is 25.2 Å². The minimum absolute atomic E-state index is 0.0702. The van der Waals surface area contributed by atoms with Crippen molar-refractivity contribution in [3.05, 3.63) is 89.4 Å². The predicted molar refractivity (Wildman–Crippen MR) is 118 cm³/mol. The number of aliphatic hydroxyl groups is 1. The first-order chi connectivity index (χ1) is 15.2. The minimum atomic E-state index is -0.107. The summed E-state index contributed by atoms with van der Waals surface area (Å²) in [4.78, 5) is 14.8. The fraction of sp³-hybridized carbons (Fsp3) is 0.320. The third kappa shape index (κ3) is 5.96. The second-order valence-corrected chi connectivity index (χ2v) is 7.82. The lowest BCUT2D eigenvalue weighted by molar-refractivity contribution is 0.0910. The van der Waals surface area contributed by atoms with Gasteiger partial charge in [-0.2, -0.15) is 0 Å². The lowest BCUT2D eigenvalue weighted by Crippen LogP contribution is -2.37. The van der Waals surface area contributed by atoms with Gasteiger partial charge in [0.15, 0.2) is 0 Å². The Morgan fingerprint density at radius 3 is 2.55 bits per heavy atom. The van der Waals surface area contributed by atoms with Gasteiger partial charge in [-0.1, -0.05) is 36.4 Å². The van der Waals surface area contributed by atoms with Crippen LogP contribution in [0.5, 0.6) is 5.75 Å². The summed E-state index contributed by atoms with van der Waals surface area (Å²) in [6, 6.07) is 21.0. The molecule has 1 aliphatic rings. The van der Waals surface area contributed by atoms with Gasteiger partial charge in [-0.3, -0.25) is 9.69 Å². The first kappa shape index (κ1) is 21.2. The molecule has 0 aliphatic carbocycles. The summed E-state index contributed by atoms with van der Waals surface area (Å²) in [5, 5.41) is 12.1. The van der Waals surface area contributed by atoms with Gasteiger partial charge in [0.25, 0.3) is 5.91 Å². The van der Waals surface area contributed by atoms with Crippen LogP contribution in [-0.4, -0.2) is 35.1 Å². The number of carbonyl (C=O) groups is 1. The Labute approximate surface area is 182 Å². The molecule has 6 nitrogen and oxygen atoms in total. The van der Waals surface area contributed by atoms with Crippen LogP contribution in [0, 0.1) is 0 Å². The molecule has 162 valence electrons. The number of amides is 1. The molecular formula is C25H28N2O4. The molecule has 0 bridgehead atoms. The molecule has 1 aliphatic heterocycles. The summed E-state index contributed by atoms with van der Waals surface area (Å²) in [6.45, 7) is 3.00. The molecule has 1 saturated heterocycles. The van der Waals surface area contributed by atoms with Crippen molar-refractivity contribution in [2.24, 2.45) is 0 Å². The summed E-state index contributed by atoms with van der Waals surface area (Å²) in [7, 11) is 0. The third-order valence-electron chi connectivity index (χ3n) is 5.48. The Balaban J connectivity index is 1.25. The third-order valence-corrected chi connectivity index (χ3v) is 5.48. The summed E-state index contributed by atoms with van der Waals surface area (Å²) in [6.07, 6.45) is 1.96. The molecule has 4 rings (SSSR count). The van der Waals surface area contributed by atoms with Gasteiger partial charge >= 0.3 is 0 Å². The van der Waals surface area contributed by atoms with Crippen LogP contribution in [0.3, 0.4) is 0 Å². The predicted octanol–water partition coefficient (Wildman–Crippen LogP) is 3.75. The van der Waals surface area contributed by atoms with Crippen LogP contribution >= 0.6 is 0 Å². The number of carbonyl (C=O) groups excluding carboxylic acids is 1. The molecule has 3 aromatic rings. The molecule has 0 saturated carbocycles. The number of hydrogen-bond donors (Lipinski definition) is 2. The summed E-state index contributed by atoms with van der Waals surface area (Å²) >= 11 is 0. The van der Waals surface area contributed by atoms with Crippen molar-refractivity contribution in [3.63, 3.8) is 0 Å². The number of hydrogen-bond acceptors (Lipinski definition) is 5. The van der Waals surface area contributed by atoms with Crippen molar-refractivity contribution in [1.82, 2.24) is 10.2 Å². The van der Waals surface area contributed by atoms with E-state index in [0.717, 1.165) is 49.5 Å². The maximum absolute atomic E-state index is 12.5. The Hall–Kier alpha value is -3.09. The van der Waals surface area contributed by atoms with Crippen LogP contribution in [0.4, 0.5) is 0 Å². The standard InChI is InChI=1S/C25H28N2O4/c28-18-24-10-9-23(31-24)17-27-13-11-21(12-14-27)30-22-8-4-7-20(15-22)25(29)26-16-19-5-2-1-3-6-19/h1-10,15,21,28H,11-14,16-18H2,(H,26,29). The van der Waals surface area contributed by atoms with Crippen molar-refractivity contribution in [1.29, 1.82) is 0 Å². The van der Waals surface area contributed by atoms with E-state index < -0.39 is 0 Å². The van der Waals surface area contributed by atoms with E-state index in [4.69, 9.17) is 14.3 Å². The molecule has 0 spiro atoms. The average molecular weight is 421 g/mol. The number of nitrogens with zero attached hydrogens (tertiary/aromatic N) is 1. The first-order valence-corrected chi connectivity index (χ1v) is 10.7. The fourth-order valence-corrected chi connectivity index (χ4v) is 3.78. The molecule has 2 heterocycles. The SMILES string of the molecule is O=C(NCc1ccccc1)c1cccc(OC2CCN(Cc3ccc(CO)o3)CC2)c1. The number of piperidine rings is 1. The zero-order valence-electron chi connectivity index (χ0n) is 17.5. The maximum Gasteiger partial charge on any atom is 0.251 e. The van der Waals surface area contributed by atoms with Gasteiger partial charge in [-0.05, 0) is 48.7 Å². The summed E-state index contributed by atoms with van der Waals surface area (Å²) in [5.74, 6) is 2.09. The van der Waals surface area contributed by atoms with E-state index >= 15 is 0 Å². The average Bonchev–Trinajstić information content (AvgIpc) is 3.27. The number of likely N-dealkylation sites (tertiary alicyclic amines) is 1. The van der Waals surface area contributed by atoms with Crippen LogP contribution in [0.25, 0.3) is 0 Å². The number of aliphatic hydroxyl groups excluding tert-OH is 1. The van der Waals surface area contributed by atoms with Gasteiger partial charge in [0.2, 0.25) is 0 Å². The normalized spacial score (nSPS) is 15.0. The Kier molecular flexibility index (Phi) is 7.02. The molecule has 6 heteroatoms. The van der Waals surface area contributed by atoms with Gasteiger partial charge < -0.3 is 19.6 Å². The highest BCUT2D eigenvalue weighted by molar-refractivity contribution is 5.94. The molecule has 1 amide bonds. The van der Waals surface area contributed by atoms with E-state index in [0.29, 0.717) is 17.9 Å². The van der Waals surface area contributed by atoms with Crippen LogP contribution in [0.2, 0.25) is 0 Å². The van der Waals surface area contributed by atoms with E-state index in [9.17, 15) is 4.79 Å². The lowest BCUT2D eigenvalue weighted by atomic mass is 10.1. The number of rotatable bonds is 8. The number of furan rings is 1. The van der Waals surface area contributed by atoms with E-state index in [1.807, 2.05) is 60.7 Å². The van der Waals surface area contributed by atoms with Gasteiger partial charge in [-0.15, -0.1) is 0 Å². The molecule has 31 heavy (non-hydrogen) atoms. The maximum atomic E-state index is 12.5. The Morgan fingerprint density at radius 2 is 1.81 bits per heavy atom. The molecule has 1 aromatic heterocycles. The van der Waals surface area contributed by atoms with Crippen molar-refractivity contribution in [3.8, 4) is 5.75 Å². The number of ether oxygens (including phenoxy) is 1. The van der Waals surface area contributed by atoms with Crippen LogP contribution in [0.1, 0.15) is 40.3 Å². The highest BCUT2D eigenvalue weighted by Crippen LogP contribution is 2.22. The second-order valence-electron chi connectivity index (χ2n) is 7.82. The molecule has 1 fully saturated rings. The topological polar surface area (TPSA) is 74.9 Å². The number of nitrogens with one attached hydrogen (secondary N) is 1. The number of benzene rings is 2. The minimum Gasteiger partial charge on any atom is -0.490 e. The highest BCUT2D eigenvalue weighted by Gasteiger charge is 2.21. The smallest absolute Gasteiger partial charge is 0.251 e. The van der Waals surface area contributed by atoms with E-state index in [1.165, 1.54) is 0 Å². The molecule has 2 N–H and O–H groups in total. The molecule has 0 unspecified atom stereocenters. The van der Waals surface area contributed by atoms with E-state index in [1.54, 1.807) is 6.07 Å². The quantitative estimate of drug-likeness (QED) is 0.581. The monoisotopic (exact) mass is 420 g/mol. The molecule has 0 atom stereocenters. The van der Waals surface area contributed by atoms with Crippen LogP contribution in [-0.2, 0) is 19.7 Å². The highest BCUT2D eigenvalue weighted by atomic mass is 16.5. The Morgan fingerprint density at radius 1 is 1.03 bits per heavy atom. The second kappa shape index (κ2) is 10.3. The lowest BCUT2D eigenvalue weighted by Gasteiger charge is -2.31. The largest absolute Gasteiger partial charge is 0.490 e. The summed E-state index contributed by atoms with van der Waals surface area (Å²) < 4.78 is 11.7. The zero-order chi connectivity index (χ0) is 21.5. The molecule has 2 aromatic carbocycles. The van der Waals surface area contributed by atoms with Crippen molar-refractivity contribution < 1.29 is 19.1 Å². The fourth-order valence-electron chi connectivity index (χ4n) is 3.78. The van der Waals surface area contributed by atoms with Gasteiger partial charge in [0.1, 0.15) is 30.0 Å². The van der Waals surface area contributed by atoms with E-state index in [2.05, 4.69) is 10.2 Å². The van der Waals surface area contributed by atoms with Crippen LogP contribution < -0.4 is 10.1 Å². The Bertz CT molecular complexity index is 978. The van der Waals surface area contributed by atoms with Crippen molar-refractivity contribution in [2.45, 2.75) is 38.6 Å². The zero-order valence-corrected chi connectivity index (χ0v) is 17.5. The van der Waals surface area contributed by atoms with Gasteiger partial charge in [0.05, 0.1) is 6.54 Å². The summed E-state index contributed by atoms with van der Waals surface area (Å²) in [5.41, 5.74) is 1.67. The molecular weight excluding hydrogens is 392 g/mol. The molecule has 0 radical (unpaired) electrons. The van der Waals surface area contributed by atoms with Gasteiger partial charge in [-0.25, -0.2) is 0 Å².